The second-order valence-corrected chi connectivity index (χ2v) is 5.62. The van der Waals surface area contributed by atoms with Crippen LogP contribution >= 0.6 is 0 Å². The van der Waals surface area contributed by atoms with Gasteiger partial charge in [0.25, 0.3) is 0 Å². The lowest BCUT2D eigenvalue weighted by molar-refractivity contribution is 0.417. The summed E-state index contributed by atoms with van der Waals surface area (Å²) < 4.78 is 0. The van der Waals surface area contributed by atoms with Crippen molar-refractivity contribution in [3.63, 3.8) is 0 Å². The predicted octanol–water partition coefficient (Wildman–Crippen LogP) is 2.88. The van der Waals surface area contributed by atoms with E-state index in [1.54, 1.807) is 0 Å². The van der Waals surface area contributed by atoms with Gasteiger partial charge in [-0.15, -0.1) is 0 Å². The van der Waals surface area contributed by atoms with Crippen molar-refractivity contribution >= 4 is 5.69 Å². The van der Waals surface area contributed by atoms with Crippen molar-refractivity contribution in [2.75, 3.05) is 24.5 Å². The summed E-state index contributed by atoms with van der Waals surface area (Å²) in [5, 5.41) is 3.68. The number of aromatic nitrogens is 1. The maximum Gasteiger partial charge on any atom is 0.0416 e. The fourth-order valence-electron chi connectivity index (χ4n) is 2.93. The Kier molecular flexibility index (Phi) is 4.85. The SMILES string of the molecule is c1ccc(N2CCC(NCCc3ccccn3)CC2)cc1. The molecule has 1 aromatic carbocycles. The number of nitrogens with zero attached hydrogens (tertiary/aromatic N) is 2. The normalized spacial score (nSPS) is 16.1. The minimum absolute atomic E-state index is 0.647. The van der Waals surface area contributed by atoms with Crippen molar-refractivity contribution in [1.29, 1.82) is 0 Å². The lowest BCUT2D eigenvalue weighted by atomic mass is 10.0. The van der Waals surface area contributed by atoms with E-state index < -0.39 is 0 Å². The van der Waals surface area contributed by atoms with Gasteiger partial charge in [-0.25, -0.2) is 0 Å². The van der Waals surface area contributed by atoms with Crippen LogP contribution in [0.15, 0.2) is 54.7 Å². The van der Waals surface area contributed by atoms with Crippen LogP contribution in [0.5, 0.6) is 0 Å². The molecule has 21 heavy (non-hydrogen) atoms. The number of rotatable bonds is 5. The molecule has 0 radical (unpaired) electrons. The molecular weight excluding hydrogens is 258 g/mol. The van der Waals surface area contributed by atoms with Gasteiger partial charge in [0.2, 0.25) is 0 Å². The lowest BCUT2D eigenvalue weighted by Gasteiger charge is -2.34. The largest absolute Gasteiger partial charge is 0.371 e. The molecule has 1 N–H and O–H groups in total. The summed E-state index contributed by atoms with van der Waals surface area (Å²) in [5.74, 6) is 0. The van der Waals surface area contributed by atoms with Gasteiger partial charge in [0, 0.05) is 49.7 Å². The van der Waals surface area contributed by atoms with E-state index in [1.807, 2.05) is 12.3 Å². The Balaban J connectivity index is 1.40. The molecule has 3 heteroatoms. The van der Waals surface area contributed by atoms with Crippen LogP contribution in [0.4, 0.5) is 5.69 Å². The molecular formula is C18H23N3. The van der Waals surface area contributed by atoms with E-state index in [0.29, 0.717) is 6.04 Å². The molecule has 1 aliphatic heterocycles. The average Bonchev–Trinajstić information content (AvgIpc) is 2.57. The number of nitrogens with one attached hydrogen (secondary N) is 1. The Hall–Kier alpha value is -1.87. The van der Waals surface area contributed by atoms with E-state index in [1.165, 1.54) is 24.2 Å². The Labute approximate surface area is 127 Å². The van der Waals surface area contributed by atoms with E-state index in [9.17, 15) is 0 Å². The third-order valence-corrected chi connectivity index (χ3v) is 4.16. The van der Waals surface area contributed by atoms with Crippen LogP contribution in [-0.4, -0.2) is 30.7 Å². The third-order valence-electron chi connectivity index (χ3n) is 4.16. The van der Waals surface area contributed by atoms with Crippen molar-refractivity contribution in [2.24, 2.45) is 0 Å². The van der Waals surface area contributed by atoms with E-state index in [-0.39, 0.29) is 0 Å². The fourth-order valence-corrected chi connectivity index (χ4v) is 2.93. The van der Waals surface area contributed by atoms with Crippen molar-refractivity contribution in [3.05, 3.63) is 60.4 Å². The zero-order chi connectivity index (χ0) is 14.3. The third kappa shape index (κ3) is 4.05. The van der Waals surface area contributed by atoms with Crippen LogP contribution in [0, 0.1) is 0 Å². The van der Waals surface area contributed by atoms with Gasteiger partial charge in [-0.05, 0) is 37.1 Å². The molecule has 0 amide bonds. The predicted molar refractivity (Wildman–Crippen MR) is 87.6 cm³/mol. The quantitative estimate of drug-likeness (QED) is 0.913. The zero-order valence-electron chi connectivity index (χ0n) is 12.4. The maximum absolute atomic E-state index is 4.36. The smallest absolute Gasteiger partial charge is 0.0416 e. The summed E-state index contributed by atoms with van der Waals surface area (Å²) in [4.78, 5) is 6.85. The summed E-state index contributed by atoms with van der Waals surface area (Å²) in [5.41, 5.74) is 2.52. The van der Waals surface area contributed by atoms with Gasteiger partial charge in [-0.2, -0.15) is 0 Å². The topological polar surface area (TPSA) is 28.2 Å². The van der Waals surface area contributed by atoms with Crippen molar-refractivity contribution in [3.8, 4) is 0 Å². The zero-order valence-corrected chi connectivity index (χ0v) is 12.4. The molecule has 0 atom stereocenters. The van der Waals surface area contributed by atoms with Gasteiger partial charge < -0.3 is 10.2 Å². The number of anilines is 1. The summed E-state index contributed by atoms with van der Waals surface area (Å²) in [6.07, 6.45) is 5.32. The average molecular weight is 281 g/mol. The maximum atomic E-state index is 4.36. The highest BCUT2D eigenvalue weighted by Gasteiger charge is 2.18. The van der Waals surface area contributed by atoms with Crippen molar-refractivity contribution < 1.29 is 0 Å². The van der Waals surface area contributed by atoms with Crippen LogP contribution in [0.2, 0.25) is 0 Å². The number of para-hydroxylation sites is 1. The number of pyridine rings is 1. The van der Waals surface area contributed by atoms with Crippen molar-refractivity contribution in [2.45, 2.75) is 25.3 Å². The van der Waals surface area contributed by atoms with Crippen LogP contribution in [0.25, 0.3) is 0 Å². The minimum atomic E-state index is 0.647. The number of hydrogen-bond acceptors (Lipinski definition) is 3. The van der Waals surface area contributed by atoms with Crippen LogP contribution in [0.1, 0.15) is 18.5 Å². The molecule has 3 nitrogen and oxygen atoms in total. The summed E-state index contributed by atoms with van der Waals surface area (Å²) in [6, 6.07) is 17.5. The highest BCUT2D eigenvalue weighted by Crippen LogP contribution is 2.19. The fraction of sp³-hybridized carbons (Fsp3) is 0.389. The van der Waals surface area contributed by atoms with Crippen LogP contribution in [0.3, 0.4) is 0 Å². The molecule has 3 rings (SSSR count). The Morgan fingerprint density at radius 2 is 1.76 bits per heavy atom. The monoisotopic (exact) mass is 281 g/mol. The number of benzene rings is 1. The molecule has 1 fully saturated rings. The highest BCUT2D eigenvalue weighted by atomic mass is 15.1. The summed E-state index contributed by atoms with van der Waals surface area (Å²) in [6.45, 7) is 3.31. The van der Waals surface area contributed by atoms with Gasteiger partial charge >= 0.3 is 0 Å². The first kappa shape index (κ1) is 14.1. The molecule has 0 saturated carbocycles. The molecule has 2 heterocycles. The number of piperidine rings is 1. The molecule has 1 saturated heterocycles. The minimum Gasteiger partial charge on any atom is -0.371 e. The molecule has 0 spiro atoms. The van der Waals surface area contributed by atoms with E-state index in [2.05, 4.69) is 57.7 Å². The summed E-state index contributed by atoms with van der Waals surface area (Å²) in [7, 11) is 0. The summed E-state index contributed by atoms with van der Waals surface area (Å²) >= 11 is 0. The Bertz CT molecular complexity index is 516. The van der Waals surface area contributed by atoms with E-state index in [0.717, 1.165) is 26.1 Å². The standard InChI is InChI=1S/C18H23N3/c1-2-7-18(8-3-1)21-14-10-17(11-15-21)20-13-9-16-6-4-5-12-19-16/h1-8,12,17,20H,9-11,13-15H2. The molecule has 0 unspecified atom stereocenters. The highest BCUT2D eigenvalue weighted by molar-refractivity contribution is 5.46. The molecule has 2 aromatic rings. The van der Waals surface area contributed by atoms with E-state index >= 15 is 0 Å². The van der Waals surface area contributed by atoms with Gasteiger partial charge in [0.15, 0.2) is 0 Å². The molecule has 1 aliphatic rings. The van der Waals surface area contributed by atoms with Gasteiger partial charge in [0.05, 0.1) is 0 Å². The first-order chi connectivity index (χ1) is 10.4. The first-order valence-electron chi connectivity index (χ1n) is 7.85. The van der Waals surface area contributed by atoms with Gasteiger partial charge in [-0.3, -0.25) is 4.98 Å². The van der Waals surface area contributed by atoms with Crippen LogP contribution < -0.4 is 10.2 Å². The molecule has 1 aromatic heterocycles. The van der Waals surface area contributed by atoms with E-state index in [4.69, 9.17) is 0 Å². The second kappa shape index (κ2) is 7.23. The van der Waals surface area contributed by atoms with Crippen molar-refractivity contribution in [1.82, 2.24) is 10.3 Å². The second-order valence-electron chi connectivity index (χ2n) is 5.62. The van der Waals surface area contributed by atoms with Gasteiger partial charge in [0.1, 0.15) is 0 Å². The lowest BCUT2D eigenvalue weighted by Crippen LogP contribution is -2.43. The Morgan fingerprint density at radius 1 is 1.00 bits per heavy atom. The molecule has 0 aliphatic carbocycles. The van der Waals surface area contributed by atoms with Gasteiger partial charge in [-0.1, -0.05) is 24.3 Å². The molecule has 110 valence electrons. The van der Waals surface area contributed by atoms with Crippen LogP contribution in [-0.2, 0) is 6.42 Å². The first-order valence-corrected chi connectivity index (χ1v) is 7.85. The Morgan fingerprint density at radius 3 is 2.48 bits per heavy atom. The number of hydrogen-bond donors (Lipinski definition) is 1. The molecule has 0 bridgehead atoms.